The summed E-state index contributed by atoms with van der Waals surface area (Å²) in [7, 11) is 0. The first-order chi connectivity index (χ1) is 11.2. The monoisotopic (exact) mass is 331 g/mol. The number of aliphatic hydroxyl groups is 1. The molecule has 1 amide bonds. The molecule has 4 nitrogen and oxygen atoms in total. The Kier molecular flexibility index (Phi) is 4.84. The topological polar surface area (TPSA) is 49.8 Å². The number of hydrogen-bond donors (Lipinski definition) is 1. The highest BCUT2D eigenvalue weighted by molar-refractivity contribution is 6.30. The standard InChI is InChI=1S/C18H18ClNO3/c19-14-4-6-15(7-5-14)20-17(8-9-18(20)22)13-2-1-3-16(12-13)23-11-10-21/h1-7,12,17,21H,8-11H2. The van der Waals surface area contributed by atoms with Crippen LogP contribution in [-0.4, -0.2) is 24.2 Å². The van der Waals surface area contributed by atoms with Gasteiger partial charge < -0.3 is 14.7 Å². The average Bonchev–Trinajstić information content (AvgIpc) is 2.96. The third-order valence-corrected chi connectivity index (χ3v) is 4.17. The highest BCUT2D eigenvalue weighted by Gasteiger charge is 2.33. The van der Waals surface area contributed by atoms with E-state index in [-0.39, 0.29) is 25.2 Å². The average molecular weight is 332 g/mol. The van der Waals surface area contributed by atoms with Crippen LogP contribution >= 0.6 is 11.6 Å². The highest BCUT2D eigenvalue weighted by Crippen LogP contribution is 2.38. The third-order valence-electron chi connectivity index (χ3n) is 3.92. The number of ether oxygens (including phenoxy) is 1. The van der Waals surface area contributed by atoms with Crippen molar-refractivity contribution in [1.29, 1.82) is 0 Å². The molecule has 23 heavy (non-hydrogen) atoms. The molecule has 0 aromatic heterocycles. The first-order valence-corrected chi connectivity index (χ1v) is 7.98. The molecule has 120 valence electrons. The van der Waals surface area contributed by atoms with Crippen LogP contribution in [0.1, 0.15) is 24.4 Å². The molecule has 1 atom stereocenters. The van der Waals surface area contributed by atoms with E-state index in [4.69, 9.17) is 21.4 Å². The number of benzene rings is 2. The highest BCUT2D eigenvalue weighted by atomic mass is 35.5. The number of carbonyl (C=O) groups is 1. The van der Waals surface area contributed by atoms with Gasteiger partial charge in [0.05, 0.1) is 12.6 Å². The Hall–Kier alpha value is -2.04. The summed E-state index contributed by atoms with van der Waals surface area (Å²) in [5.41, 5.74) is 1.88. The fourth-order valence-electron chi connectivity index (χ4n) is 2.90. The molecule has 0 saturated carbocycles. The molecule has 1 N–H and O–H groups in total. The number of nitrogens with zero attached hydrogens (tertiary/aromatic N) is 1. The summed E-state index contributed by atoms with van der Waals surface area (Å²) in [6.07, 6.45) is 1.29. The van der Waals surface area contributed by atoms with Crippen molar-refractivity contribution in [2.24, 2.45) is 0 Å². The van der Waals surface area contributed by atoms with Gasteiger partial charge in [0.25, 0.3) is 0 Å². The molecule has 5 heteroatoms. The Morgan fingerprint density at radius 2 is 2.00 bits per heavy atom. The van der Waals surface area contributed by atoms with Crippen LogP contribution in [0.25, 0.3) is 0 Å². The first kappa shape index (κ1) is 15.8. The predicted molar refractivity (Wildman–Crippen MR) is 89.9 cm³/mol. The molecule has 1 saturated heterocycles. The minimum absolute atomic E-state index is 0.0126. The Morgan fingerprint density at radius 1 is 1.22 bits per heavy atom. The van der Waals surface area contributed by atoms with Crippen LogP contribution in [0, 0.1) is 0 Å². The van der Waals surface area contributed by atoms with Crippen LogP contribution in [0.5, 0.6) is 5.75 Å². The summed E-state index contributed by atoms with van der Waals surface area (Å²) in [5, 5.41) is 9.52. The number of hydrogen-bond acceptors (Lipinski definition) is 3. The quantitative estimate of drug-likeness (QED) is 0.911. The minimum Gasteiger partial charge on any atom is -0.491 e. The molecule has 1 fully saturated rings. The van der Waals surface area contributed by atoms with Gasteiger partial charge in [-0.3, -0.25) is 4.79 Å². The van der Waals surface area contributed by atoms with Gasteiger partial charge in [0.1, 0.15) is 12.4 Å². The van der Waals surface area contributed by atoms with E-state index >= 15 is 0 Å². The van der Waals surface area contributed by atoms with E-state index < -0.39 is 0 Å². The Morgan fingerprint density at radius 3 is 2.74 bits per heavy atom. The number of anilines is 1. The second kappa shape index (κ2) is 7.02. The second-order valence-corrected chi connectivity index (χ2v) is 5.88. The predicted octanol–water partition coefficient (Wildman–Crippen LogP) is 3.58. The maximum atomic E-state index is 12.3. The Balaban J connectivity index is 1.88. The van der Waals surface area contributed by atoms with Crippen molar-refractivity contribution >= 4 is 23.2 Å². The summed E-state index contributed by atoms with van der Waals surface area (Å²) in [4.78, 5) is 14.1. The van der Waals surface area contributed by atoms with E-state index in [9.17, 15) is 4.79 Å². The van der Waals surface area contributed by atoms with Gasteiger partial charge in [-0.05, 0) is 48.4 Å². The molecule has 1 aliphatic heterocycles. The first-order valence-electron chi connectivity index (χ1n) is 7.60. The normalized spacial score (nSPS) is 17.6. The number of halogens is 1. The zero-order valence-corrected chi connectivity index (χ0v) is 13.4. The van der Waals surface area contributed by atoms with Crippen molar-refractivity contribution in [1.82, 2.24) is 0 Å². The molecule has 1 heterocycles. The molecule has 0 aliphatic carbocycles. The summed E-state index contributed by atoms with van der Waals surface area (Å²) in [6.45, 7) is 0.233. The lowest BCUT2D eigenvalue weighted by Crippen LogP contribution is -2.27. The van der Waals surface area contributed by atoms with E-state index in [0.29, 0.717) is 17.2 Å². The van der Waals surface area contributed by atoms with Gasteiger partial charge in [-0.2, -0.15) is 0 Å². The van der Waals surface area contributed by atoms with Crippen molar-refractivity contribution in [3.63, 3.8) is 0 Å². The summed E-state index contributed by atoms with van der Waals surface area (Å²) in [6, 6.07) is 15.0. The van der Waals surface area contributed by atoms with Gasteiger partial charge in [0.15, 0.2) is 0 Å². The number of rotatable bonds is 5. The molecule has 3 rings (SSSR count). The largest absolute Gasteiger partial charge is 0.491 e. The fourth-order valence-corrected chi connectivity index (χ4v) is 3.03. The van der Waals surface area contributed by atoms with Gasteiger partial charge in [-0.1, -0.05) is 23.7 Å². The molecule has 1 aliphatic rings. The zero-order chi connectivity index (χ0) is 16.2. The molecule has 2 aromatic carbocycles. The maximum absolute atomic E-state index is 12.3. The third kappa shape index (κ3) is 3.49. The minimum atomic E-state index is -0.0248. The summed E-state index contributed by atoms with van der Waals surface area (Å²) in [5.74, 6) is 0.811. The van der Waals surface area contributed by atoms with Crippen LogP contribution < -0.4 is 9.64 Å². The summed E-state index contributed by atoms with van der Waals surface area (Å²) >= 11 is 5.94. The molecule has 0 spiro atoms. The number of carbonyl (C=O) groups excluding carboxylic acids is 1. The second-order valence-electron chi connectivity index (χ2n) is 5.44. The molecule has 0 radical (unpaired) electrons. The smallest absolute Gasteiger partial charge is 0.227 e. The van der Waals surface area contributed by atoms with E-state index in [1.54, 1.807) is 12.1 Å². The van der Waals surface area contributed by atoms with E-state index in [1.807, 2.05) is 41.3 Å². The van der Waals surface area contributed by atoms with Crippen molar-refractivity contribution in [2.75, 3.05) is 18.1 Å². The van der Waals surface area contributed by atoms with Crippen LogP contribution in [0.3, 0.4) is 0 Å². The maximum Gasteiger partial charge on any atom is 0.227 e. The molecule has 2 aromatic rings. The van der Waals surface area contributed by atoms with Crippen molar-refractivity contribution in [3.05, 3.63) is 59.1 Å². The van der Waals surface area contributed by atoms with Crippen LogP contribution in [0.2, 0.25) is 5.02 Å². The van der Waals surface area contributed by atoms with Gasteiger partial charge in [-0.15, -0.1) is 0 Å². The van der Waals surface area contributed by atoms with E-state index in [0.717, 1.165) is 17.7 Å². The van der Waals surface area contributed by atoms with Crippen LogP contribution in [-0.2, 0) is 4.79 Å². The fraction of sp³-hybridized carbons (Fsp3) is 0.278. The SMILES string of the molecule is O=C1CCC(c2cccc(OCCO)c2)N1c1ccc(Cl)cc1. The van der Waals surface area contributed by atoms with Crippen molar-refractivity contribution in [2.45, 2.75) is 18.9 Å². The number of aliphatic hydroxyl groups excluding tert-OH is 1. The van der Waals surface area contributed by atoms with Gasteiger partial charge in [-0.25, -0.2) is 0 Å². The van der Waals surface area contributed by atoms with E-state index in [2.05, 4.69) is 0 Å². The van der Waals surface area contributed by atoms with Crippen molar-refractivity contribution in [3.8, 4) is 5.75 Å². The molecule has 1 unspecified atom stereocenters. The van der Waals surface area contributed by atoms with Gasteiger partial charge in [0, 0.05) is 17.1 Å². The molecular weight excluding hydrogens is 314 g/mol. The lowest BCUT2D eigenvalue weighted by Gasteiger charge is -2.25. The number of amides is 1. The van der Waals surface area contributed by atoms with Crippen LogP contribution in [0.4, 0.5) is 5.69 Å². The van der Waals surface area contributed by atoms with Crippen LogP contribution in [0.15, 0.2) is 48.5 Å². The van der Waals surface area contributed by atoms with E-state index in [1.165, 1.54) is 0 Å². The Bertz CT molecular complexity index is 687. The van der Waals surface area contributed by atoms with Gasteiger partial charge >= 0.3 is 0 Å². The lowest BCUT2D eigenvalue weighted by atomic mass is 10.0. The lowest BCUT2D eigenvalue weighted by molar-refractivity contribution is -0.117. The van der Waals surface area contributed by atoms with Crippen molar-refractivity contribution < 1.29 is 14.6 Å². The molecule has 0 bridgehead atoms. The molecular formula is C18H18ClNO3. The summed E-state index contributed by atoms with van der Waals surface area (Å²) < 4.78 is 5.47. The van der Waals surface area contributed by atoms with Gasteiger partial charge in [0.2, 0.25) is 5.91 Å². The Labute approximate surface area is 140 Å². The zero-order valence-electron chi connectivity index (χ0n) is 12.6.